The zero-order valence-corrected chi connectivity index (χ0v) is 18.0. The largest absolute Gasteiger partial charge is 0.366 e. The highest BCUT2D eigenvalue weighted by atomic mass is 19.1. The van der Waals surface area contributed by atoms with Crippen LogP contribution in [0.4, 0.5) is 10.1 Å². The van der Waals surface area contributed by atoms with Crippen LogP contribution in [0.1, 0.15) is 23.8 Å². The fraction of sp³-hybridized carbons (Fsp3) is 0.409. The molecule has 0 aliphatic carbocycles. The maximum Gasteiger partial charge on any atom is 0.332 e. The van der Waals surface area contributed by atoms with E-state index in [0.717, 1.165) is 11.0 Å². The zero-order valence-electron chi connectivity index (χ0n) is 18.0. The van der Waals surface area contributed by atoms with Gasteiger partial charge < -0.3 is 14.4 Å². The normalized spacial score (nSPS) is 14.5. The molecule has 2 aromatic heterocycles. The molecule has 1 aromatic carbocycles. The number of aromatic nitrogens is 3. The molecule has 164 valence electrons. The van der Waals surface area contributed by atoms with Crippen LogP contribution in [0.25, 0.3) is 11.0 Å². The SMILES string of the molecule is CCCn1c(C(=O)N2CCN(c3ccccc3F)CC2)cc2c(=O)n(C)c(=O)n(C)c21. The van der Waals surface area contributed by atoms with Gasteiger partial charge in [-0.25, -0.2) is 9.18 Å². The smallest absolute Gasteiger partial charge is 0.332 e. The number of amides is 1. The number of halogens is 1. The highest BCUT2D eigenvalue weighted by Crippen LogP contribution is 2.22. The van der Waals surface area contributed by atoms with Crippen molar-refractivity contribution in [2.45, 2.75) is 19.9 Å². The Morgan fingerprint density at radius 3 is 2.35 bits per heavy atom. The zero-order chi connectivity index (χ0) is 22.3. The second kappa shape index (κ2) is 8.05. The first-order chi connectivity index (χ1) is 14.8. The first-order valence-electron chi connectivity index (χ1n) is 10.4. The molecule has 1 aliphatic heterocycles. The molecule has 1 aliphatic rings. The van der Waals surface area contributed by atoms with E-state index in [-0.39, 0.29) is 11.7 Å². The van der Waals surface area contributed by atoms with Crippen molar-refractivity contribution in [3.05, 3.63) is 62.7 Å². The Kier molecular flexibility index (Phi) is 5.43. The number of nitrogens with zero attached hydrogens (tertiary/aromatic N) is 5. The van der Waals surface area contributed by atoms with E-state index in [2.05, 4.69) is 0 Å². The number of anilines is 1. The number of carbonyl (C=O) groups is 1. The van der Waals surface area contributed by atoms with Crippen LogP contribution in [0, 0.1) is 5.82 Å². The first-order valence-corrected chi connectivity index (χ1v) is 10.4. The molecule has 1 amide bonds. The second-order valence-corrected chi connectivity index (χ2v) is 7.85. The van der Waals surface area contributed by atoms with E-state index in [1.165, 1.54) is 17.7 Å². The van der Waals surface area contributed by atoms with E-state index in [4.69, 9.17) is 0 Å². The van der Waals surface area contributed by atoms with Gasteiger partial charge in [0.15, 0.2) is 0 Å². The Morgan fingerprint density at radius 2 is 1.71 bits per heavy atom. The molecular weight excluding hydrogens is 401 g/mol. The minimum absolute atomic E-state index is 0.188. The van der Waals surface area contributed by atoms with Crippen LogP contribution in [0.5, 0.6) is 0 Å². The fourth-order valence-corrected chi connectivity index (χ4v) is 4.29. The van der Waals surface area contributed by atoms with Gasteiger partial charge in [0, 0.05) is 46.8 Å². The summed E-state index contributed by atoms with van der Waals surface area (Å²) < 4.78 is 18.3. The van der Waals surface area contributed by atoms with E-state index < -0.39 is 11.2 Å². The number of hydrogen-bond donors (Lipinski definition) is 0. The summed E-state index contributed by atoms with van der Waals surface area (Å²) >= 11 is 0. The van der Waals surface area contributed by atoms with E-state index >= 15 is 0 Å². The molecule has 0 N–H and O–H groups in total. The van der Waals surface area contributed by atoms with Crippen molar-refractivity contribution in [3.8, 4) is 0 Å². The third-order valence-electron chi connectivity index (χ3n) is 5.92. The minimum atomic E-state index is -0.426. The van der Waals surface area contributed by atoms with E-state index in [0.29, 0.717) is 55.1 Å². The summed E-state index contributed by atoms with van der Waals surface area (Å²) in [5.74, 6) is -0.463. The predicted molar refractivity (Wildman–Crippen MR) is 117 cm³/mol. The van der Waals surface area contributed by atoms with Gasteiger partial charge in [-0.15, -0.1) is 0 Å². The van der Waals surface area contributed by atoms with Crippen molar-refractivity contribution in [2.24, 2.45) is 14.1 Å². The summed E-state index contributed by atoms with van der Waals surface area (Å²) in [5.41, 5.74) is 0.558. The van der Waals surface area contributed by atoms with Crippen LogP contribution in [0.15, 0.2) is 39.9 Å². The topological polar surface area (TPSA) is 72.5 Å². The average molecular weight is 427 g/mol. The van der Waals surface area contributed by atoms with Crippen LogP contribution in [0.3, 0.4) is 0 Å². The Hall–Kier alpha value is -3.36. The van der Waals surface area contributed by atoms with Crippen LogP contribution in [-0.2, 0) is 20.6 Å². The summed E-state index contributed by atoms with van der Waals surface area (Å²) in [5, 5.41) is 0.353. The molecule has 1 fully saturated rings. The molecule has 0 saturated carbocycles. The van der Waals surface area contributed by atoms with Crippen molar-refractivity contribution in [3.63, 3.8) is 0 Å². The van der Waals surface area contributed by atoms with Crippen molar-refractivity contribution in [1.82, 2.24) is 18.6 Å². The number of hydrogen-bond acceptors (Lipinski definition) is 4. The Bertz CT molecular complexity index is 1260. The molecule has 31 heavy (non-hydrogen) atoms. The van der Waals surface area contributed by atoms with Crippen molar-refractivity contribution in [1.29, 1.82) is 0 Å². The van der Waals surface area contributed by atoms with Crippen LogP contribution >= 0.6 is 0 Å². The molecule has 9 heteroatoms. The molecular formula is C22H26FN5O3. The summed E-state index contributed by atoms with van der Waals surface area (Å²) in [6.07, 6.45) is 0.745. The first kappa shape index (κ1) is 20.9. The number of para-hydroxylation sites is 1. The van der Waals surface area contributed by atoms with Crippen LogP contribution < -0.4 is 16.1 Å². The molecule has 8 nitrogen and oxygen atoms in total. The maximum absolute atomic E-state index is 14.1. The molecule has 0 atom stereocenters. The number of fused-ring (bicyclic) bond motifs is 1. The van der Waals surface area contributed by atoms with Gasteiger partial charge in [0.2, 0.25) is 0 Å². The van der Waals surface area contributed by atoms with Crippen molar-refractivity contribution < 1.29 is 9.18 Å². The Morgan fingerprint density at radius 1 is 1.03 bits per heavy atom. The van der Waals surface area contributed by atoms with Gasteiger partial charge in [-0.05, 0) is 24.6 Å². The van der Waals surface area contributed by atoms with E-state index in [9.17, 15) is 18.8 Å². The number of rotatable bonds is 4. The van der Waals surface area contributed by atoms with Gasteiger partial charge in [0.05, 0.1) is 11.1 Å². The summed E-state index contributed by atoms with van der Waals surface area (Å²) in [7, 11) is 3.04. The molecule has 0 bridgehead atoms. The quantitative estimate of drug-likeness (QED) is 0.633. The summed E-state index contributed by atoms with van der Waals surface area (Å²) in [4.78, 5) is 42.1. The van der Waals surface area contributed by atoms with Crippen LogP contribution in [-0.4, -0.2) is 50.7 Å². The third-order valence-corrected chi connectivity index (χ3v) is 5.92. The molecule has 4 rings (SSSR count). The standard InChI is InChI=1S/C22H26FN5O3/c1-4-9-28-18(14-15-19(28)24(2)22(31)25(3)20(15)29)21(30)27-12-10-26(11-13-27)17-8-6-5-7-16(17)23/h5-8,14H,4,9-13H2,1-3H3. The molecule has 3 aromatic rings. The lowest BCUT2D eigenvalue weighted by Gasteiger charge is -2.36. The monoisotopic (exact) mass is 427 g/mol. The third kappa shape index (κ3) is 3.43. The number of aryl methyl sites for hydroxylation is 2. The lowest BCUT2D eigenvalue weighted by molar-refractivity contribution is 0.0736. The van der Waals surface area contributed by atoms with Crippen molar-refractivity contribution in [2.75, 3.05) is 31.1 Å². The highest BCUT2D eigenvalue weighted by Gasteiger charge is 2.27. The van der Waals surface area contributed by atoms with Crippen molar-refractivity contribution >= 4 is 22.6 Å². The van der Waals surface area contributed by atoms with Gasteiger partial charge in [-0.3, -0.25) is 18.7 Å². The average Bonchev–Trinajstić information content (AvgIpc) is 3.16. The molecule has 3 heterocycles. The van der Waals surface area contributed by atoms with Crippen LogP contribution in [0.2, 0.25) is 0 Å². The van der Waals surface area contributed by atoms with E-state index in [1.54, 1.807) is 40.8 Å². The number of carbonyl (C=O) groups excluding carboxylic acids is 1. The molecule has 0 spiro atoms. The van der Waals surface area contributed by atoms with Gasteiger partial charge >= 0.3 is 5.69 Å². The van der Waals surface area contributed by atoms with Gasteiger partial charge in [-0.1, -0.05) is 19.1 Å². The fourth-order valence-electron chi connectivity index (χ4n) is 4.29. The summed E-state index contributed by atoms with van der Waals surface area (Å²) in [6.45, 7) is 4.41. The Labute approximate surface area is 178 Å². The Balaban J connectivity index is 1.67. The second-order valence-electron chi connectivity index (χ2n) is 7.85. The number of piperazine rings is 1. The molecule has 0 radical (unpaired) electrons. The maximum atomic E-state index is 14.1. The highest BCUT2D eigenvalue weighted by molar-refractivity contribution is 5.98. The minimum Gasteiger partial charge on any atom is -0.366 e. The van der Waals surface area contributed by atoms with Gasteiger partial charge in [0.1, 0.15) is 17.2 Å². The predicted octanol–water partition coefficient (Wildman–Crippen LogP) is 1.55. The lowest BCUT2D eigenvalue weighted by Crippen LogP contribution is -2.49. The van der Waals surface area contributed by atoms with E-state index in [1.807, 2.05) is 11.8 Å². The number of benzene rings is 1. The summed E-state index contributed by atoms with van der Waals surface area (Å²) in [6, 6.07) is 8.22. The lowest BCUT2D eigenvalue weighted by atomic mass is 10.2. The molecule has 1 saturated heterocycles. The van der Waals surface area contributed by atoms with Gasteiger partial charge in [0.25, 0.3) is 11.5 Å². The molecule has 0 unspecified atom stereocenters. The van der Waals surface area contributed by atoms with Gasteiger partial charge in [-0.2, -0.15) is 0 Å².